The Kier molecular flexibility index (Phi) is 3.92. The van der Waals surface area contributed by atoms with E-state index in [2.05, 4.69) is 5.32 Å². The Bertz CT molecular complexity index is 633. The van der Waals surface area contributed by atoms with Gasteiger partial charge in [-0.25, -0.2) is 12.8 Å². The van der Waals surface area contributed by atoms with E-state index in [0.717, 1.165) is 18.6 Å². The molecule has 1 aromatic rings. The summed E-state index contributed by atoms with van der Waals surface area (Å²) in [7, 11) is -5.68. The highest BCUT2D eigenvalue weighted by molar-refractivity contribution is 7.92. The molecule has 0 radical (unpaired) electrons. The molecule has 0 aromatic heterocycles. The third kappa shape index (κ3) is 2.84. The first-order valence-corrected chi connectivity index (χ1v) is 7.60. The molecule has 1 fully saturated rings. The molecule has 118 valence electrons. The van der Waals surface area contributed by atoms with E-state index in [1.807, 2.05) is 0 Å². The van der Waals surface area contributed by atoms with Gasteiger partial charge >= 0.3 is 5.51 Å². The van der Waals surface area contributed by atoms with E-state index in [1.54, 1.807) is 0 Å². The molecule has 0 bridgehead atoms. The van der Waals surface area contributed by atoms with Crippen LogP contribution < -0.4 is 5.32 Å². The van der Waals surface area contributed by atoms with Crippen molar-refractivity contribution in [3.05, 3.63) is 24.0 Å². The fourth-order valence-corrected chi connectivity index (χ4v) is 3.08. The van der Waals surface area contributed by atoms with E-state index in [9.17, 15) is 31.1 Å². The third-order valence-corrected chi connectivity index (χ3v) is 5.08. The van der Waals surface area contributed by atoms with Gasteiger partial charge in [-0.1, -0.05) is 0 Å². The van der Waals surface area contributed by atoms with Crippen molar-refractivity contribution < 1.29 is 31.1 Å². The molecule has 4 nitrogen and oxygen atoms in total. The van der Waals surface area contributed by atoms with E-state index in [4.69, 9.17) is 0 Å². The summed E-state index contributed by atoms with van der Waals surface area (Å²) < 4.78 is 74.2. The van der Waals surface area contributed by atoms with Crippen LogP contribution in [0.4, 0.5) is 23.2 Å². The van der Waals surface area contributed by atoms with Crippen LogP contribution in [0.5, 0.6) is 0 Å². The lowest BCUT2D eigenvalue weighted by molar-refractivity contribution is -0.0435. The SMILES string of the molecule is O=S(=O)(c1cc(F)ccc1NC1(CO)CCC1)C(F)(F)F. The summed E-state index contributed by atoms with van der Waals surface area (Å²) in [6.07, 6.45) is 1.74. The van der Waals surface area contributed by atoms with Gasteiger partial charge in [0.15, 0.2) is 0 Å². The summed E-state index contributed by atoms with van der Waals surface area (Å²) in [4.78, 5) is -1.17. The highest BCUT2D eigenvalue weighted by Crippen LogP contribution is 2.39. The third-order valence-electron chi connectivity index (χ3n) is 3.55. The molecule has 1 saturated carbocycles. The Morgan fingerprint density at radius 2 is 1.90 bits per heavy atom. The van der Waals surface area contributed by atoms with E-state index in [-0.39, 0.29) is 12.3 Å². The molecule has 2 N–H and O–H groups in total. The average Bonchev–Trinajstić information content (AvgIpc) is 2.34. The highest BCUT2D eigenvalue weighted by atomic mass is 32.2. The van der Waals surface area contributed by atoms with Crippen LogP contribution in [0.15, 0.2) is 23.1 Å². The van der Waals surface area contributed by atoms with Crippen molar-refractivity contribution in [1.29, 1.82) is 0 Å². The van der Waals surface area contributed by atoms with Gasteiger partial charge in [0.05, 0.1) is 17.8 Å². The van der Waals surface area contributed by atoms with Gasteiger partial charge in [-0.05, 0) is 37.5 Å². The number of hydrogen-bond donors (Lipinski definition) is 2. The van der Waals surface area contributed by atoms with Crippen LogP contribution in [-0.2, 0) is 9.84 Å². The zero-order valence-corrected chi connectivity index (χ0v) is 11.6. The number of sulfone groups is 1. The number of aliphatic hydroxyl groups is 1. The normalized spacial score (nSPS) is 18.1. The molecular formula is C12H13F4NO3S. The molecule has 0 atom stereocenters. The van der Waals surface area contributed by atoms with Gasteiger partial charge in [-0.2, -0.15) is 13.2 Å². The van der Waals surface area contributed by atoms with Gasteiger partial charge in [-0.15, -0.1) is 0 Å². The monoisotopic (exact) mass is 327 g/mol. The number of rotatable bonds is 4. The minimum atomic E-state index is -5.68. The molecule has 1 aliphatic carbocycles. The fourth-order valence-electron chi connectivity index (χ4n) is 2.16. The van der Waals surface area contributed by atoms with Crippen molar-refractivity contribution in [3.8, 4) is 0 Å². The lowest BCUT2D eigenvalue weighted by atomic mass is 9.77. The van der Waals surface area contributed by atoms with Crippen LogP contribution in [0.25, 0.3) is 0 Å². The van der Waals surface area contributed by atoms with Crippen molar-refractivity contribution in [1.82, 2.24) is 0 Å². The van der Waals surface area contributed by atoms with Crippen molar-refractivity contribution in [2.75, 3.05) is 11.9 Å². The van der Waals surface area contributed by atoms with Gasteiger partial charge in [0.1, 0.15) is 10.7 Å². The van der Waals surface area contributed by atoms with Crippen LogP contribution in [-0.4, -0.2) is 31.2 Å². The second-order valence-electron chi connectivity index (χ2n) is 5.01. The Labute approximate surface area is 118 Å². The maximum Gasteiger partial charge on any atom is 0.501 e. The number of anilines is 1. The van der Waals surface area contributed by atoms with E-state index in [1.165, 1.54) is 0 Å². The average molecular weight is 327 g/mol. The first kappa shape index (κ1) is 16.0. The molecule has 0 spiro atoms. The largest absolute Gasteiger partial charge is 0.501 e. The van der Waals surface area contributed by atoms with Crippen molar-refractivity contribution in [2.24, 2.45) is 0 Å². The number of aliphatic hydroxyl groups excluding tert-OH is 1. The second-order valence-corrected chi connectivity index (χ2v) is 6.92. The lowest BCUT2D eigenvalue weighted by Gasteiger charge is -2.42. The first-order valence-electron chi connectivity index (χ1n) is 6.11. The van der Waals surface area contributed by atoms with Gasteiger partial charge < -0.3 is 10.4 Å². The number of halogens is 4. The standard InChI is InChI=1S/C12H13F4NO3S/c13-8-2-3-9(17-11(7-18)4-1-5-11)10(6-8)21(19,20)12(14,15)16/h2-3,6,17-18H,1,4-5,7H2. The van der Waals surface area contributed by atoms with Crippen LogP contribution in [0, 0.1) is 5.82 Å². The molecular weight excluding hydrogens is 314 g/mol. The number of nitrogens with one attached hydrogen (secondary N) is 1. The molecule has 0 saturated heterocycles. The number of alkyl halides is 3. The van der Waals surface area contributed by atoms with Crippen LogP contribution in [0.3, 0.4) is 0 Å². The van der Waals surface area contributed by atoms with E-state index < -0.39 is 31.6 Å². The molecule has 21 heavy (non-hydrogen) atoms. The summed E-state index contributed by atoms with van der Waals surface area (Å²) in [5.74, 6) is -1.09. The summed E-state index contributed by atoms with van der Waals surface area (Å²) in [5, 5.41) is 11.9. The van der Waals surface area contributed by atoms with Crippen LogP contribution >= 0.6 is 0 Å². The lowest BCUT2D eigenvalue weighted by Crippen LogP contribution is -2.48. The summed E-state index contributed by atoms with van der Waals surface area (Å²) in [6, 6.07) is 2.13. The zero-order valence-electron chi connectivity index (χ0n) is 10.7. The minimum Gasteiger partial charge on any atom is -0.394 e. The summed E-state index contributed by atoms with van der Waals surface area (Å²) in [6.45, 7) is -0.351. The molecule has 2 rings (SSSR count). The Morgan fingerprint density at radius 3 is 2.33 bits per heavy atom. The molecule has 0 aliphatic heterocycles. The van der Waals surface area contributed by atoms with Gasteiger partial charge in [-0.3, -0.25) is 0 Å². The van der Waals surface area contributed by atoms with Gasteiger partial charge in [0.25, 0.3) is 9.84 Å². The molecule has 0 unspecified atom stereocenters. The highest BCUT2D eigenvalue weighted by Gasteiger charge is 2.49. The minimum absolute atomic E-state index is 0.328. The quantitative estimate of drug-likeness (QED) is 0.834. The number of benzene rings is 1. The summed E-state index contributed by atoms with van der Waals surface area (Å²) >= 11 is 0. The van der Waals surface area contributed by atoms with E-state index in [0.29, 0.717) is 18.9 Å². The smallest absolute Gasteiger partial charge is 0.394 e. The maximum atomic E-state index is 13.2. The summed E-state index contributed by atoms with van der Waals surface area (Å²) in [5.41, 5.74) is -6.74. The first-order chi connectivity index (χ1) is 9.61. The predicted molar refractivity (Wildman–Crippen MR) is 66.9 cm³/mol. The Balaban J connectivity index is 2.49. The fraction of sp³-hybridized carbons (Fsp3) is 0.500. The van der Waals surface area contributed by atoms with Crippen LogP contribution in [0.1, 0.15) is 19.3 Å². The molecule has 0 heterocycles. The Morgan fingerprint density at radius 1 is 1.29 bits per heavy atom. The molecule has 0 amide bonds. The van der Waals surface area contributed by atoms with E-state index >= 15 is 0 Å². The zero-order chi connectivity index (χ0) is 15.9. The topological polar surface area (TPSA) is 66.4 Å². The van der Waals surface area contributed by atoms with Crippen molar-refractivity contribution >= 4 is 15.5 Å². The van der Waals surface area contributed by atoms with Crippen molar-refractivity contribution in [3.63, 3.8) is 0 Å². The van der Waals surface area contributed by atoms with Gasteiger partial charge in [0.2, 0.25) is 0 Å². The molecule has 1 aliphatic rings. The number of hydrogen-bond acceptors (Lipinski definition) is 4. The predicted octanol–water partition coefficient (Wildman–Crippen LogP) is 2.45. The van der Waals surface area contributed by atoms with Crippen LogP contribution in [0.2, 0.25) is 0 Å². The van der Waals surface area contributed by atoms with Crippen molar-refractivity contribution in [2.45, 2.75) is 35.2 Å². The molecule has 1 aromatic carbocycles. The second kappa shape index (κ2) is 5.13. The maximum absolute atomic E-state index is 13.2. The Hall–Kier alpha value is -1.35. The molecule has 9 heteroatoms. The van der Waals surface area contributed by atoms with Gasteiger partial charge in [0, 0.05) is 0 Å².